The molecular formula is C19H22N4O. The fraction of sp³-hybridized carbons (Fsp3) is 0.421. The average Bonchev–Trinajstić information content (AvgIpc) is 2.73. The lowest BCUT2D eigenvalue weighted by atomic mass is 9.73. The SMILES string of the molecule is CN1Cc2ccccc2CC2(CCN(c3ncccn3)CC2)C1=O. The van der Waals surface area contributed by atoms with Gasteiger partial charge in [-0.3, -0.25) is 4.79 Å². The van der Waals surface area contributed by atoms with Crippen LogP contribution in [0.5, 0.6) is 0 Å². The van der Waals surface area contributed by atoms with Crippen LogP contribution in [0.25, 0.3) is 0 Å². The van der Waals surface area contributed by atoms with Gasteiger partial charge in [0.2, 0.25) is 11.9 Å². The van der Waals surface area contributed by atoms with E-state index in [0.29, 0.717) is 6.54 Å². The van der Waals surface area contributed by atoms with Crippen LogP contribution in [0.4, 0.5) is 5.95 Å². The first kappa shape index (κ1) is 15.1. The standard InChI is InChI=1S/C19H22N4O/c1-22-14-16-6-3-2-5-15(16)13-19(17(22)24)7-11-23(12-8-19)18-20-9-4-10-21-18/h2-6,9-10H,7-8,11-14H2,1H3. The second-order valence-corrected chi connectivity index (χ2v) is 6.92. The van der Waals surface area contributed by atoms with E-state index in [1.54, 1.807) is 12.4 Å². The van der Waals surface area contributed by atoms with Crippen LogP contribution >= 0.6 is 0 Å². The Morgan fingerprint density at radius 3 is 2.38 bits per heavy atom. The second-order valence-electron chi connectivity index (χ2n) is 6.92. The van der Waals surface area contributed by atoms with Crippen molar-refractivity contribution in [1.82, 2.24) is 14.9 Å². The van der Waals surface area contributed by atoms with Gasteiger partial charge in [-0.2, -0.15) is 0 Å². The van der Waals surface area contributed by atoms with Crippen LogP contribution in [0.15, 0.2) is 42.7 Å². The molecule has 2 aliphatic rings. The van der Waals surface area contributed by atoms with Gasteiger partial charge < -0.3 is 9.80 Å². The Morgan fingerprint density at radius 1 is 1.00 bits per heavy atom. The maximum absolute atomic E-state index is 13.1. The van der Waals surface area contributed by atoms with Gasteiger partial charge in [-0.05, 0) is 36.5 Å². The molecule has 1 aromatic carbocycles. The molecule has 3 heterocycles. The van der Waals surface area contributed by atoms with Crippen LogP contribution in [0, 0.1) is 5.41 Å². The number of carbonyl (C=O) groups excluding carboxylic acids is 1. The van der Waals surface area contributed by atoms with Crippen LogP contribution in [0.1, 0.15) is 24.0 Å². The number of benzene rings is 1. The molecule has 0 unspecified atom stereocenters. The Balaban J connectivity index is 1.60. The highest BCUT2D eigenvalue weighted by Crippen LogP contribution is 2.40. The summed E-state index contributed by atoms with van der Waals surface area (Å²) in [6, 6.07) is 10.3. The van der Waals surface area contributed by atoms with Gasteiger partial charge in [-0.1, -0.05) is 24.3 Å². The third-order valence-electron chi connectivity index (χ3n) is 5.41. The van der Waals surface area contributed by atoms with Crippen molar-refractivity contribution in [1.29, 1.82) is 0 Å². The minimum absolute atomic E-state index is 0.285. The molecular weight excluding hydrogens is 300 g/mol. The molecule has 1 aromatic heterocycles. The smallest absolute Gasteiger partial charge is 0.229 e. The Hall–Kier alpha value is -2.43. The van der Waals surface area contributed by atoms with Crippen molar-refractivity contribution >= 4 is 11.9 Å². The second kappa shape index (κ2) is 5.89. The van der Waals surface area contributed by atoms with Crippen LogP contribution in [-0.4, -0.2) is 40.9 Å². The normalized spacial score (nSPS) is 20.0. The van der Waals surface area contributed by atoms with E-state index < -0.39 is 0 Å². The number of aromatic nitrogens is 2. The third-order valence-corrected chi connectivity index (χ3v) is 5.41. The zero-order chi connectivity index (χ0) is 16.6. The predicted octanol–water partition coefficient (Wildman–Crippen LogP) is 2.28. The van der Waals surface area contributed by atoms with E-state index >= 15 is 0 Å². The zero-order valence-electron chi connectivity index (χ0n) is 14.0. The largest absolute Gasteiger partial charge is 0.341 e. The molecule has 124 valence electrons. The lowest BCUT2D eigenvalue weighted by molar-refractivity contribution is -0.142. The number of carbonyl (C=O) groups is 1. The summed E-state index contributed by atoms with van der Waals surface area (Å²) in [7, 11) is 1.93. The van der Waals surface area contributed by atoms with Crippen LogP contribution in [-0.2, 0) is 17.8 Å². The van der Waals surface area contributed by atoms with Crippen LogP contribution < -0.4 is 4.90 Å². The van der Waals surface area contributed by atoms with Crippen molar-refractivity contribution in [2.45, 2.75) is 25.8 Å². The maximum Gasteiger partial charge on any atom is 0.229 e. The van der Waals surface area contributed by atoms with Crippen LogP contribution in [0.3, 0.4) is 0 Å². The zero-order valence-corrected chi connectivity index (χ0v) is 14.0. The number of piperidine rings is 1. The minimum Gasteiger partial charge on any atom is -0.341 e. The maximum atomic E-state index is 13.1. The number of hydrogen-bond donors (Lipinski definition) is 0. The Labute approximate surface area is 142 Å². The molecule has 5 nitrogen and oxygen atoms in total. The summed E-state index contributed by atoms with van der Waals surface area (Å²) in [4.78, 5) is 25.9. The molecule has 0 radical (unpaired) electrons. The van der Waals surface area contributed by atoms with Crippen molar-refractivity contribution in [3.63, 3.8) is 0 Å². The Bertz CT molecular complexity index is 738. The van der Waals surface area contributed by atoms with E-state index in [4.69, 9.17) is 0 Å². The molecule has 1 spiro atoms. The molecule has 24 heavy (non-hydrogen) atoms. The monoisotopic (exact) mass is 322 g/mol. The van der Waals surface area contributed by atoms with E-state index in [1.165, 1.54) is 11.1 Å². The summed E-state index contributed by atoms with van der Waals surface area (Å²) in [5.41, 5.74) is 2.31. The summed E-state index contributed by atoms with van der Waals surface area (Å²) in [6.45, 7) is 2.36. The molecule has 2 aliphatic heterocycles. The Kier molecular flexibility index (Phi) is 3.71. The topological polar surface area (TPSA) is 49.3 Å². The van der Waals surface area contributed by atoms with Gasteiger partial charge >= 0.3 is 0 Å². The average molecular weight is 322 g/mol. The molecule has 2 aromatic rings. The molecule has 1 fully saturated rings. The van der Waals surface area contributed by atoms with Gasteiger partial charge in [0.05, 0.1) is 5.41 Å². The van der Waals surface area contributed by atoms with E-state index in [9.17, 15) is 4.79 Å². The summed E-state index contributed by atoms with van der Waals surface area (Å²) < 4.78 is 0. The molecule has 0 saturated carbocycles. The molecule has 4 rings (SSSR count). The summed E-state index contributed by atoms with van der Waals surface area (Å²) in [6.07, 6.45) is 6.09. The number of nitrogens with zero attached hydrogens (tertiary/aromatic N) is 4. The summed E-state index contributed by atoms with van der Waals surface area (Å²) in [5.74, 6) is 1.05. The van der Waals surface area contributed by atoms with E-state index in [1.807, 2.05) is 18.0 Å². The van der Waals surface area contributed by atoms with E-state index in [-0.39, 0.29) is 11.3 Å². The number of rotatable bonds is 1. The lowest BCUT2D eigenvalue weighted by Crippen LogP contribution is -2.49. The van der Waals surface area contributed by atoms with Crippen molar-refractivity contribution in [2.75, 3.05) is 25.0 Å². The first-order chi connectivity index (χ1) is 11.7. The van der Waals surface area contributed by atoms with E-state index in [0.717, 1.165) is 38.3 Å². The van der Waals surface area contributed by atoms with Crippen molar-refractivity contribution in [2.24, 2.45) is 5.41 Å². The first-order valence-electron chi connectivity index (χ1n) is 8.52. The molecule has 0 bridgehead atoms. The summed E-state index contributed by atoms with van der Waals surface area (Å²) in [5, 5.41) is 0. The van der Waals surface area contributed by atoms with E-state index in [2.05, 4.69) is 39.1 Å². The molecule has 5 heteroatoms. The number of hydrogen-bond acceptors (Lipinski definition) is 4. The highest BCUT2D eigenvalue weighted by Gasteiger charge is 2.45. The molecule has 0 atom stereocenters. The summed E-state index contributed by atoms with van der Waals surface area (Å²) >= 11 is 0. The first-order valence-corrected chi connectivity index (χ1v) is 8.52. The van der Waals surface area contributed by atoms with Crippen molar-refractivity contribution in [3.05, 3.63) is 53.9 Å². The fourth-order valence-corrected chi connectivity index (χ4v) is 4.04. The third kappa shape index (κ3) is 2.54. The van der Waals surface area contributed by atoms with Gasteiger partial charge in [-0.15, -0.1) is 0 Å². The molecule has 1 saturated heterocycles. The van der Waals surface area contributed by atoms with Gasteiger partial charge in [0.1, 0.15) is 0 Å². The van der Waals surface area contributed by atoms with Crippen molar-refractivity contribution < 1.29 is 4.79 Å². The highest BCUT2D eigenvalue weighted by molar-refractivity contribution is 5.84. The van der Waals surface area contributed by atoms with Crippen LogP contribution in [0.2, 0.25) is 0 Å². The molecule has 0 N–H and O–H groups in total. The predicted molar refractivity (Wildman–Crippen MR) is 92.5 cm³/mol. The lowest BCUT2D eigenvalue weighted by Gasteiger charge is -2.41. The number of anilines is 1. The highest BCUT2D eigenvalue weighted by atomic mass is 16.2. The van der Waals surface area contributed by atoms with Gasteiger partial charge in [0, 0.05) is 39.1 Å². The molecule has 1 amide bonds. The number of amides is 1. The number of fused-ring (bicyclic) bond motifs is 1. The molecule has 0 aliphatic carbocycles. The van der Waals surface area contributed by atoms with Gasteiger partial charge in [0.15, 0.2) is 0 Å². The fourth-order valence-electron chi connectivity index (χ4n) is 4.04. The van der Waals surface area contributed by atoms with Gasteiger partial charge in [0.25, 0.3) is 0 Å². The minimum atomic E-state index is -0.285. The van der Waals surface area contributed by atoms with Crippen molar-refractivity contribution in [3.8, 4) is 0 Å². The quantitative estimate of drug-likeness (QED) is 0.808. The Morgan fingerprint density at radius 2 is 1.67 bits per heavy atom. The van der Waals surface area contributed by atoms with Gasteiger partial charge in [-0.25, -0.2) is 9.97 Å².